The van der Waals surface area contributed by atoms with Crippen LogP contribution in [0.4, 0.5) is 4.39 Å². The second kappa shape index (κ2) is 6.28. The molecule has 102 valence electrons. The maximum absolute atomic E-state index is 12.9. The van der Waals surface area contributed by atoms with Crippen molar-refractivity contribution in [3.8, 4) is 0 Å². The van der Waals surface area contributed by atoms with Crippen LogP contribution in [-0.4, -0.2) is 11.1 Å². The van der Waals surface area contributed by atoms with Gasteiger partial charge in [0.25, 0.3) is 0 Å². The number of nitrogens with one attached hydrogen (secondary N) is 1. The second-order valence-corrected chi connectivity index (χ2v) is 5.51. The van der Waals surface area contributed by atoms with Crippen LogP contribution in [0.15, 0.2) is 41.1 Å². The highest BCUT2D eigenvalue weighted by atomic mass is 32.1. The monoisotopic (exact) mass is 279 g/mol. The van der Waals surface area contributed by atoms with Gasteiger partial charge in [0.05, 0.1) is 6.10 Å². The first-order chi connectivity index (χ1) is 9.08. The summed E-state index contributed by atoms with van der Waals surface area (Å²) in [6.07, 6.45) is -0.651. The SMILES string of the molecule is CC(NC(C)C(O)c1ccc(F)cc1)c1ccsc1. The first kappa shape index (κ1) is 14.2. The number of hydrogen-bond acceptors (Lipinski definition) is 3. The first-order valence-electron chi connectivity index (χ1n) is 6.29. The number of halogens is 1. The molecule has 3 atom stereocenters. The molecular formula is C15H18FNOS. The number of rotatable bonds is 5. The Morgan fingerprint density at radius 1 is 1.11 bits per heavy atom. The summed E-state index contributed by atoms with van der Waals surface area (Å²) in [5, 5.41) is 17.7. The van der Waals surface area contributed by atoms with Crippen molar-refractivity contribution in [2.45, 2.75) is 32.0 Å². The van der Waals surface area contributed by atoms with Crippen LogP contribution < -0.4 is 5.32 Å². The highest BCUT2D eigenvalue weighted by Gasteiger charge is 2.18. The highest BCUT2D eigenvalue weighted by Crippen LogP contribution is 2.21. The lowest BCUT2D eigenvalue weighted by atomic mass is 10.0. The van der Waals surface area contributed by atoms with Gasteiger partial charge in [0.2, 0.25) is 0 Å². The van der Waals surface area contributed by atoms with Crippen molar-refractivity contribution >= 4 is 11.3 Å². The number of thiophene rings is 1. The Morgan fingerprint density at radius 3 is 2.37 bits per heavy atom. The molecule has 0 aliphatic rings. The Labute approximate surface area is 116 Å². The quantitative estimate of drug-likeness (QED) is 0.875. The van der Waals surface area contributed by atoms with Crippen molar-refractivity contribution in [2.75, 3.05) is 0 Å². The fraction of sp³-hybridized carbons (Fsp3) is 0.333. The maximum Gasteiger partial charge on any atom is 0.123 e. The molecule has 4 heteroatoms. The van der Waals surface area contributed by atoms with Gasteiger partial charge in [0, 0.05) is 12.1 Å². The summed E-state index contributed by atoms with van der Waals surface area (Å²) in [5.74, 6) is -0.289. The second-order valence-electron chi connectivity index (χ2n) is 4.73. The minimum atomic E-state index is -0.651. The van der Waals surface area contributed by atoms with Crippen molar-refractivity contribution < 1.29 is 9.50 Å². The fourth-order valence-corrected chi connectivity index (χ4v) is 2.81. The van der Waals surface area contributed by atoms with Gasteiger partial charge in [-0.05, 0) is 53.9 Å². The van der Waals surface area contributed by atoms with E-state index in [9.17, 15) is 9.50 Å². The molecule has 0 radical (unpaired) electrons. The van der Waals surface area contributed by atoms with Gasteiger partial charge in [-0.1, -0.05) is 12.1 Å². The van der Waals surface area contributed by atoms with E-state index in [4.69, 9.17) is 0 Å². The van der Waals surface area contributed by atoms with Crippen molar-refractivity contribution in [3.63, 3.8) is 0 Å². The zero-order valence-electron chi connectivity index (χ0n) is 11.0. The zero-order chi connectivity index (χ0) is 13.8. The summed E-state index contributed by atoms with van der Waals surface area (Å²) in [6, 6.07) is 8.11. The Hall–Kier alpha value is -1.23. The molecule has 0 bridgehead atoms. The standard InChI is InChI=1S/C15H18FNOS/c1-10(13-7-8-19-9-13)17-11(2)15(18)12-3-5-14(16)6-4-12/h3-11,15,17-18H,1-2H3. The van der Waals surface area contributed by atoms with Gasteiger partial charge in [0.1, 0.15) is 5.82 Å². The molecule has 2 nitrogen and oxygen atoms in total. The molecule has 0 aliphatic heterocycles. The normalized spacial score (nSPS) is 16.0. The Balaban J connectivity index is 1.99. The molecule has 0 spiro atoms. The summed E-state index contributed by atoms with van der Waals surface area (Å²) < 4.78 is 12.9. The van der Waals surface area contributed by atoms with Crippen LogP contribution in [0.2, 0.25) is 0 Å². The first-order valence-corrected chi connectivity index (χ1v) is 7.24. The minimum Gasteiger partial charge on any atom is -0.387 e. The Bertz CT molecular complexity index is 497. The van der Waals surface area contributed by atoms with Crippen LogP contribution >= 0.6 is 11.3 Å². The van der Waals surface area contributed by atoms with E-state index in [0.29, 0.717) is 0 Å². The molecule has 2 N–H and O–H groups in total. The van der Waals surface area contributed by atoms with Crippen LogP contribution in [0.3, 0.4) is 0 Å². The minimum absolute atomic E-state index is 0.111. The van der Waals surface area contributed by atoms with E-state index in [1.807, 2.05) is 12.3 Å². The average Bonchev–Trinajstić information content (AvgIpc) is 2.92. The lowest BCUT2D eigenvalue weighted by Crippen LogP contribution is -2.34. The number of benzene rings is 1. The van der Waals surface area contributed by atoms with E-state index < -0.39 is 6.10 Å². The zero-order valence-corrected chi connectivity index (χ0v) is 11.8. The van der Waals surface area contributed by atoms with E-state index in [2.05, 4.69) is 23.7 Å². The molecule has 3 unspecified atom stereocenters. The Kier molecular flexibility index (Phi) is 4.69. The molecule has 1 heterocycles. The fourth-order valence-electron chi connectivity index (χ4n) is 2.05. The highest BCUT2D eigenvalue weighted by molar-refractivity contribution is 7.07. The van der Waals surface area contributed by atoms with Gasteiger partial charge in [-0.2, -0.15) is 11.3 Å². The van der Waals surface area contributed by atoms with Crippen molar-refractivity contribution in [2.24, 2.45) is 0 Å². The van der Waals surface area contributed by atoms with Gasteiger partial charge in [0.15, 0.2) is 0 Å². The van der Waals surface area contributed by atoms with Crippen molar-refractivity contribution in [1.29, 1.82) is 0 Å². The third-order valence-corrected chi connectivity index (χ3v) is 3.94. The van der Waals surface area contributed by atoms with Crippen molar-refractivity contribution in [3.05, 3.63) is 58.0 Å². The van der Waals surface area contributed by atoms with E-state index >= 15 is 0 Å². The number of aliphatic hydroxyl groups is 1. The van der Waals surface area contributed by atoms with E-state index in [1.54, 1.807) is 23.5 Å². The maximum atomic E-state index is 12.9. The summed E-state index contributed by atoms with van der Waals surface area (Å²) in [7, 11) is 0. The molecule has 2 rings (SSSR count). The van der Waals surface area contributed by atoms with Crippen LogP contribution in [0.25, 0.3) is 0 Å². The van der Waals surface area contributed by atoms with Gasteiger partial charge in [-0.25, -0.2) is 4.39 Å². The molecule has 0 amide bonds. The average molecular weight is 279 g/mol. The third kappa shape index (κ3) is 3.62. The van der Waals surface area contributed by atoms with E-state index in [-0.39, 0.29) is 17.9 Å². The van der Waals surface area contributed by atoms with Crippen LogP contribution in [-0.2, 0) is 0 Å². The molecule has 0 fully saturated rings. The molecule has 1 aromatic carbocycles. The topological polar surface area (TPSA) is 32.3 Å². The summed E-state index contributed by atoms with van der Waals surface area (Å²) in [5.41, 5.74) is 1.93. The molecule has 2 aromatic rings. The van der Waals surface area contributed by atoms with Gasteiger partial charge in [-0.15, -0.1) is 0 Å². The van der Waals surface area contributed by atoms with Crippen LogP contribution in [0.5, 0.6) is 0 Å². The third-order valence-electron chi connectivity index (χ3n) is 3.24. The van der Waals surface area contributed by atoms with E-state index in [0.717, 1.165) is 5.56 Å². The molecule has 1 aromatic heterocycles. The molecule has 0 saturated heterocycles. The predicted molar refractivity (Wildman–Crippen MR) is 76.7 cm³/mol. The summed E-state index contributed by atoms with van der Waals surface area (Å²) in [4.78, 5) is 0. The lowest BCUT2D eigenvalue weighted by Gasteiger charge is -2.24. The molecule has 0 aliphatic carbocycles. The van der Waals surface area contributed by atoms with Gasteiger partial charge >= 0.3 is 0 Å². The van der Waals surface area contributed by atoms with Crippen LogP contribution in [0, 0.1) is 5.82 Å². The van der Waals surface area contributed by atoms with Crippen molar-refractivity contribution in [1.82, 2.24) is 5.32 Å². The summed E-state index contributed by atoms with van der Waals surface area (Å²) in [6.45, 7) is 3.99. The molecule has 19 heavy (non-hydrogen) atoms. The number of hydrogen-bond donors (Lipinski definition) is 2. The molecule has 0 saturated carbocycles. The molecular weight excluding hydrogens is 261 g/mol. The van der Waals surface area contributed by atoms with Crippen LogP contribution in [0.1, 0.15) is 37.1 Å². The van der Waals surface area contributed by atoms with E-state index in [1.165, 1.54) is 17.7 Å². The smallest absolute Gasteiger partial charge is 0.123 e. The predicted octanol–water partition coefficient (Wildman–Crippen LogP) is 3.66. The van der Waals surface area contributed by atoms with Gasteiger partial charge < -0.3 is 10.4 Å². The largest absolute Gasteiger partial charge is 0.387 e. The number of aliphatic hydroxyl groups excluding tert-OH is 1. The lowest BCUT2D eigenvalue weighted by molar-refractivity contribution is 0.130. The summed E-state index contributed by atoms with van der Waals surface area (Å²) >= 11 is 1.66. The Morgan fingerprint density at radius 2 is 1.79 bits per heavy atom. The van der Waals surface area contributed by atoms with Gasteiger partial charge in [-0.3, -0.25) is 0 Å².